The van der Waals surface area contributed by atoms with Crippen molar-refractivity contribution < 1.29 is 9.13 Å². The van der Waals surface area contributed by atoms with Gasteiger partial charge >= 0.3 is 0 Å². The molecule has 3 nitrogen and oxygen atoms in total. The number of benzene rings is 2. The Morgan fingerprint density at radius 2 is 1.68 bits per heavy atom. The largest absolute Gasteiger partial charge is 0.425 e. The Morgan fingerprint density at radius 3 is 2.26 bits per heavy atom. The molecule has 19 heavy (non-hydrogen) atoms. The summed E-state index contributed by atoms with van der Waals surface area (Å²) in [4.78, 5) is 0. The van der Waals surface area contributed by atoms with Crippen molar-refractivity contribution >= 4 is 11.8 Å². The minimum Gasteiger partial charge on any atom is -0.425 e. The third-order valence-corrected chi connectivity index (χ3v) is 2.58. The standard InChI is InChI=1S/C15H13FN2O/c1-10(17)19-15(18)13-8-7-12(9-14(13)16)11-5-3-2-4-6-11/h2-9,17-18H,1H3. The maximum Gasteiger partial charge on any atom is 0.223 e. The smallest absolute Gasteiger partial charge is 0.223 e. The topological polar surface area (TPSA) is 56.9 Å². The second-order valence-electron chi connectivity index (χ2n) is 4.05. The van der Waals surface area contributed by atoms with E-state index < -0.39 is 5.82 Å². The van der Waals surface area contributed by atoms with Gasteiger partial charge in [-0.05, 0) is 23.3 Å². The number of halogens is 1. The van der Waals surface area contributed by atoms with Gasteiger partial charge in [-0.3, -0.25) is 10.8 Å². The van der Waals surface area contributed by atoms with E-state index >= 15 is 0 Å². The maximum absolute atomic E-state index is 13.9. The zero-order valence-corrected chi connectivity index (χ0v) is 10.4. The van der Waals surface area contributed by atoms with Crippen molar-refractivity contribution in [3.8, 4) is 11.1 Å². The minimum atomic E-state index is -0.535. The lowest BCUT2D eigenvalue weighted by atomic mass is 10.0. The van der Waals surface area contributed by atoms with Crippen LogP contribution in [0.25, 0.3) is 11.1 Å². The number of hydrogen-bond acceptors (Lipinski definition) is 3. The highest BCUT2D eigenvalue weighted by Gasteiger charge is 2.11. The molecule has 2 N–H and O–H groups in total. The summed E-state index contributed by atoms with van der Waals surface area (Å²) in [7, 11) is 0. The second kappa shape index (κ2) is 5.44. The molecule has 0 amide bonds. The van der Waals surface area contributed by atoms with E-state index in [0.717, 1.165) is 11.1 Å². The summed E-state index contributed by atoms with van der Waals surface area (Å²) in [5.74, 6) is -1.03. The predicted octanol–water partition coefficient (Wildman–Crippen LogP) is 3.83. The average molecular weight is 256 g/mol. The van der Waals surface area contributed by atoms with Crippen LogP contribution >= 0.6 is 0 Å². The van der Waals surface area contributed by atoms with Gasteiger partial charge in [0.15, 0.2) is 5.90 Å². The summed E-state index contributed by atoms with van der Waals surface area (Å²) in [5, 5.41) is 14.7. The lowest BCUT2D eigenvalue weighted by Gasteiger charge is -2.08. The zero-order valence-electron chi connectivity index (χ0n) is 10.4. The Labute approximate surface area is 110 Å². The molecular formula is C15H13FN2O. The molecule has 2 aromatic carbocycles. The highest BCUT2D eigenvalue weighted by Crippen LogP contribution is 2.22. The van der Waals surface area contributed by atoms with Gasteiger partial charge in [0, 0.05) is 6.92 Å². The van der Waals surface area contributed by atoms with Gasteiger partial charge in [0.05, 0.1) is 5.56 Å². The Morgan fingerprint density at radius 1 is 1.00 bits per heavy atom. The molecule has 0 radical (unpaired) electrons. The summed E-state index contributed by atoms with van der Waals surface area (Å²) >= 11 is 0. The monoisotopic (exact) mass is 256 g/mol. The molecule has 0 bridgehead atoms. The van der Waals surface area contributed by atoms with Crippen molar-refractivity contribution in [1.29, 1.82) is 10.8 Å². The van der Waals surface area contributed by atoms with E-state index in [9.17, 15) is 4.39 Å². The van der Waals surface area contributed by atoms with Crippen LogP contribution in [0.5, 0.6) is 0 Å². The summed E-state index contributed by atoms with van der Waals surface area (Å²) in [6.07, 6.45) is 0. The van der Waals surface area contributed by atoms with Gasteiger partial charge in [0.1, 0.15) is 5.82 Å². The van der Waals surface area contributed by atoms with Crippen molar-refractivity contribution in [2.45, 2.75) is 6.92 Å². The molecule has 96 valence electrons. The molecule has 0 fully saturated rings. The Bertz CT molecular complexity index is 623. The first-order chi connectivity index (χ1) is 9.08. The summed E-state index contributed by atoms with van der Waals surface area (Å²) in [6.45, 7) is 1.39. The van der Waals surface area contributed by atoms with Crippen LogP contribution in [0.15, 0.2) is 48.5 Å². The van der Waals surface area contributed by atoms with Crippen molar-refractivity contribution in [3.05, 3.63) is 59.9 Å². The molecule has 0 aliphatic rings. The van der Waals surface area contributed by atoms with E-state index in [2.05, 4.69) is 0 Å². The first-order valence-electron chi connectivity index (χ1n) is 5.75. The zero-order chi connectivity index (χ0) is 13.8. The SMILES string of the molecule is CC(=N)OC(=N)c1ccc(-c2ccccc2)cc1F. The Balaban J connectivity index is 2.32. The highest BCUT2D eigenvalue weighted by molar-refractivity contribution is 5.99. The minimum absolute atomic E-state index is 0.0475. The van der Waals surface area contributed by atoms with Crippen LogP contribution in [0.1, 0.15) is 12.5 Å². The molecule has 0 heterocycles. The summed E-state index contributed by atoms with van der Waals surface area (Å²) < 4.78 is 18.7. The van der Waals surface area contributed by atoms with Crippen molar-refractivity contribution in [2.75, 3.05) is 0 Å². The molecule has 0 aliphatic heterocycles. The Kier molecular flexibility index (Phi) is 3.71. The lowest BCUT2D eigenvalue weighted by molar-refractivity contribution is 0.524. The van der Waals surface area contributed by atoms with Gasteiger partial charge in [0.2, 0.25) is 5.90 Å². The van der Waals surface area contributed by atoms with Gasteiger partial charge in [-0.25, -0.2) is 4.39 Å². The molecule has 2 rings (SSSR count). The lowest BCUT2D eigenvalue weighted by Crippen LogP contribution is -2.10. The molecule has 2 aromatic rings. The van der Waals surface area contributed by atoms with Crippen LogP contribution in [0.4, 0.5) is 4.39 Å². The highest BCUT2D eigenvalue weighted by atomic mass is 19.1. The van der Waals surface area contributed by atoms with Crippen LogP contribution in [-0.4, -0.2) is 11.8 Å². The van der Waals surface area contributed by atoms with Crippen molar-refractivity contribution in [3.63, 3.8) is 0 Å². The molecule has 0 saturated heterocycles. The summed E-state index contributed by atoms with van der Waals surface area (Å²) in [6, 6.07) is 14.0. The van der Waals surface area contributed by atoms with E-state index in [0.29, 0.717) is 0 Å². The molecule has 4 heteroatoms. The first kappa shape index (κ1) is 13.0. The fourth-order valence-electron chi connectivity index (χ4n) is 1.72. The number of hydrogen-bond donors (Lipinski definition) is 2. The van der Waals surface area contributed by atoms with Gasteiger partial charge in [-0.2, -0.15) is 0 Å². The quantitative estimate of drug-likeness (QED) is 0.622. The molecule has 0 aromatic heterocycles. The Hall–Kier alpha value is -2.49. The molecule has 0 aliphatic carbocycles. The fraction of sp³-hybridized carbons (Fsp3) is 0.0667. The maximum atomic E-state index is 13.9. The van der Waals surface area contributed by atoms with Crippen molar-refractivity contribution in [1.82, 2.24) is 0 Å². The van der Waals surface area contributed by atoms with Gasteiger partial charge in [-0.15, -0.1) is 0 Å². The van der Waals surface area contributed by atoms with Gasteiger partial charge in [0.25, 0.3) is 0 Å². The summed E-state index contributed by atoms with van der Waals surface area (Å²) in [5.41, 5.74) is 1.69. The third kappa shape index (κ3) is 3.04. The molecular weight excluding hydrogens is 243 g/mol. The van der Waals surface area contributed by atoms with Crippen LogP contribution in [0.3, 0.4) is 0 Å². The van der Waals surface area contributed by atoms with E-state index in [4.69, 9.17) is 15.6 Å². The van der Waals surface area contributed by atoms with Crippen LogP contribution in [0, 0.1) is 16.6 Å². The first-order valence-corrected chi connectivity index (χ1v) is 5.75. The number of ether oxygens (including phenoxy) is 1. The second-order valence-corrected chi connectivity index (χ2v) is 4.05. The van der Waals surface area contributed by atoms with Gasteiger partial charge in [-0.1, -0.05) is 36.4 Å². The molecule has 0 atom stereocenters. The number of rotatable bonds is 2. The normalized spacial score (nSPS) is 10.0. The van der Waals surface area contributed by atoms with Crippen LogP contribution in [0.2, 0.25) is 0 Å². The average Bonchev–Trinajstić information content (AvgIpc) is 2.38. The third-order valence-electron chi connectivity index (χ3n) is 2.58. The van der Waals surface area contributed by atoms with E-state index in [1.165, 1.54) is 19.1 Å². The molecule has 0 saturated carbocycles. The van der Waals surface area contributed by atoms with Crippen LogP contribution in [-0.2, 0) is 4.74 Å². The molecule has 0 spiro atoms. The molecule has 0 unspecified atom stereocenters. The number of nitrogens with one attached hydrogen (secondary N) is 2. The predicted molar refractivity (Wildman–Crippen MR) is 73.2 cm³/mol. The van der Waals surface area contributed by atoms with E-state index in [1.807, 2.05) is 30.3 Å². The fourth-order valence-corrected chi connectivity index (χ4v) is 1.72. The van der Waals surface area contributed by atoms with Crippen LogP contribution < -0.4 is 0 Å². The van der Waals surface area contributed by atoms with Gasteiger partial charge < -0.3 is 4.74 Å². The van der Waals surface area contributed by atoms with E-state index in [1.54, 1.807) is 6.07 Å². The van der Waals surface area contributed by atoms with Crippen molar-refractivity contribution in [2.24, 2.45) is 0 Å². The van der Waals surface area contributed by atoms with E-state index in [-0.39, 0.29) is 17.4 Å².